The van der Waals surface area contributed by atoms with Gasteiger partial charge in [0.1, 0.15) is 0 Å². The Bertz CT molecular complexity index is 403. The molecule has 0 unspecified atom stereocenters. The monoisotopic (exact) mass is 281 g/mol. The lowest BCUT2D eigenvalue weighted by Crippen LogP contribution is -2.36. The molecule has 0 radical (unpaired) electrons. The molecule has 0 aliphatic carbocycles. The number of aryl methyl sites for hydroxylation is 2. The van der Waals surface area contributed by atoms with Gasteiger partial charge in [0, 0.05) is 24.0 Å². The average molecular weight is 282 g/mol. The fourth-order valence-electron chi connectivity index (χ4n) is 2.31. The van der Waals surface area contributed by atoms with E-state index in [-0.39, 0.29) is 5.91 Å². The Kier molecular flexibility index (Phi) is 3.64. The van der Waals surface area contributed by atoms with Gasteiger partial charge < -0.3 is 4.90 Å². The lowest BCUT2D eigenvalue weighted by molar-refractivity contribution is -0.118. The van der Waals surface area contributed by atoms with Gasteiger partial charge in [0.25, 0.3) is 0 Å². The normalized spacial score (nSPS) is 14.8. The first-order chi connectivity index (χ1) is 7.74. The summed E-state index contributed by atoms with van der Waals surface area (Å²) in [6.07, 6.45) is 2.74. The van der Waals surface area contributed by atoms with Crippen molar-refractivity contribution in [3.05, 3.63) is 29.3 Å². The topological polar surface area (TPSA) is 20.3 Å². The molecule has 0 fully saturated rings. The number of carbonyl (C=O) groups is 1. The average Bonchev–Trinajstić information content (AvgIpc) is 2.29. The minimum atomic E-state index is 0.229. The van der Waals surface area contributed by atoms with Gasteiger partial charge in [-0.2, -0.15) is 0 Å². The van der Waals surface area contributed by atoms with Crippen molar-refractivity contribution in [2.45, 2.75) is 26.2 Å². The Morgan fingerprint density at radius 3 is 3.06 bits per heavy atom. The number of fused-ring (bicyclic) bond motifs is 1. The molecule has 0 atom stereocenters. The van der Waals surface area contributed by atoms with Gasteiger partial charge in [0.05, 0.1) is 0 Å². The number of halogens is 1. The quantitative estimate of drug-likeness (QED) is 0.763. The highest BCUT2D eigenvalue weighted by molar-refractivity contribution is 9.09. The van der Waals surface area contributed by atoms with Crippen LogP contribution in [0, 0.1) is 6.92 Å². The molecule has 1 amide bonds. The van der Waals surface area contributed by atoms with Gasteiger partial charge in [0.2, 0.25) is 5.91 Å². The number of hydrogen-bond acceptors (Lipinski definition) is 1. The maximum absolute atomic E-state index is 12.0. The second kappa shape index (κ2) is 5.00. The Morgan fingerprint density at radius 2 is 2.31 bits per heavy atom. The third kappa shape index (κ3) is 2.14. The van der Waals surface area contributed by atoms with Crippen LogP contribution in [0.5, 0.6) is 0 Å². The van der Waals surface area contributed by atoms with Crippen molar-refractivity contribution in [2.75, 3.05) is 16.8 Å². The number of rotatable bonds is 2. The van der Waals surface area contributed by atoms with Crippen molar-refractivity contribution in [1.29, 1.82) is 0 Å². The second-order valence-electron chi connectivity index (χ2n) is 4.17. The number of benzene rings is 1. The summed E-state index contributed by atoms with van der Waals surface area (Å²) in [5, 5.41) is 0.740. The van der Waals surface area contributed by atoms with E-state index in [9.17, 15) is 4.79 Å². The van der Waals surface area contributed by atoms with E-state index in [0.29, 0.717) is 6.42 Å². The summed E-state index contributed by atoms with van der Waals surface area (Å²) in [5.74, 6) is 0.229. The molecule has 3 heteroatoms. The fraction of sp³-hybridized carbons (Fsp3) is 0.462. The second-order valence-corrected chi connectivity index (χ2v) is 4.96. The minimum Gasteiger partial charge on any atom is -0.312 e. The molecule has 86 valence electrons. The van der Waals surface area contributed by atoms with Gasteiger partial charge >= 0.3 is 0 Å². The number of amides is 1. The number of alkyl halides is 1. The summed E-state index contributed by atoms with van der Waals surface area (Å²) in [6, 6.07) is 6.29. The molecule has 16 heavy (non-hydrogen) atoms. The van der Waals surface area contributed by atoms with E-state index in [1.54, 1.807) is 0 Å². The van der Waals surface area contributed by atoms with Crippen LogP contribution in [0.2, 0.25) is 0 Å². The molecule has 0 aromatic heterocycles. The molecule has 0 N–H and O–H groups in total. The summed E-state index contributed by atoms with van der Waals surface area (Å²) in [5.41, 5.74) is 3.67. The number of hydrogen-bond donors (Lipinski definition) is 0. The van der Waals surface area contributed by atoms with Crippen LogP contribution in [0.4, 0.5) is 5.69 Å². The van der Waals surface area contributed by atoms with Crippen molar-refractivity contribution in [2.24, 2.45) is 0 Å². The zero-order valence-corrected chi connectivity index (χ0v) is 11.1. The third-order valence-corrected chi connectivity index (χ3v) is 3.42. The molecule has 0 saturated carbocycles. The molecule has 1 heterocycles. The van der Waals surface area contributed by atoms with Crippen LogP contribution >= 0.6 is 15.9 Å². The number of para-hydroxylation sites is 1. The maximum Gasteiger partial charge on any atom is 0.227 e. The van der Waals surface area contributed by atoms with E-state index in [1.165, 1.54) is 11.1 Å². The zero-order valence-electron chi connectivity index (χ0n) is 9.50. The van der Waals surface area contributed by atoms with Gasteiger partial charge in [-0.25, -0.2) is 0 Å². The Hall–Kier alpha value is -0.830. The largest absolute Gasteiger partial charge is 0.312 e. The van der Waals surface area contributed by atoms with E-state index in [1.807, 2.05) is 4.90 Å². The number of nitrogens with zero attached hydrogens (tertiary/aromatic N) is 1. The Labute approximate surface area is 105 Å². The summed E-state index contributed by atoms with van der Waals surface area (Å²) in [4.78, 5) is 14.0. The van der Waals surface area contributed by atoms with E-state index >= 15 is 0 Å². The fourth-order valence-corrected chi connectivity index (χ4v) is 2.65. The zero-order chi connectivity index (χ0) is 11.5. The Morgan fingerprint density at radius 1 is 1.50 bits per heavy atom. The van der Waals surface area contributed by atoms with Gasteiger partial charge in [-0.1, -0.05) is 34.1 Å². The van der Waals surface area contributed by atoms with Crippen molar-refractivity contribution in [1.82, 2.24) is 0 Å². The van der Waals surface area contributed by atoms with Crippen molar-refractivity contribution < 1.29 is 4.79 Å². The third-order valence-electron chi connectivity index (χ3n) is 3.03. The standard InChI is InChI=1S/C13H16BrNO/c1-10-4-2-5-11-6-3-9-15(13(10)11)12(16)7-8-14/h2,4-5H,3,6-9H2,1H3. The van der Waals surface area contributed by atoms with Crippen LogP contribution in [-0.4, -0.2) is 17.8 Å². The van der Waals surface area contributed by atoms with E-state index in [0.717, 1.165) is 30.4 Å². The highest BCUT2D eigenvalue weighted by atomic mass is 79.9. The molecule has 0 spiro atoms. The molecule has 1 aromatic rings. The van der Waals surface area contributed by atoms with Crippen LogP contribution in [-0.2, 0) is 11.2 Å². The molecular weight excluding hydrogens is 266 g/mol. The van der Waals surface area contributed by atoms with Crippen LogP contribution < -0.4 is 4.90 Å². The molecule has 0 saturated heterocycles. The Balaban J connectivity index is 2.35. The van der Waals surface area contributed by atoms with Gasteiger partial charge in [0.15, 0.2) is 0 Å². The van der Waals surface area contributed by atoms with Crippen LogP contribution in [0.15, 0.2) is 18.2 Å². The number of carbonyl (C=O) groups excluding carboxylic acids is 1. The summed E-state index contributed by atoms with van der Waals surface area (Å²) < 4.78 is 0. The lowest BCUT2D eigenvalue weighted by Gasteiger charge is -2.31. The first kappa shape index (κ1) is 11.6. The van der Waals surface area contributed by atoms with Crippen LogP contribution in [0.1, 0.15) is 24.0 Å². The summed E-state index contributed by atoms with van der Waals surface area (Å²) in [7, 11) is 0. The smallest absolute Gasteiger partial charge is 0.227 e. The molecule has 0 bridgehead atoms. The predicted octanol–water partition coefficient (Wildman–Crippen LogP) is 3.06. The summed E-state index contributed by atoms with van der Waals surface area (Å²) in [6.45, 7) is 2.95. The van der Waals surface area contributed by atoms with Gasteiger partial charge in [-0.15, -0.1) is 0 Å². The first-order valence-corrected chi connectivity index (χ1v) is 6.81. The molecule has 2 nitrogen and oxygen atoms in total. The molecule has 1 aliphatic heterocycles. The van der Waals surface area contributed by atoms with Crippen molar-refractivity contribution in [3.8, 4) is 0 Å². The molecule has 2 rings (SSSR count). The van der Waals surface area contributed by atoms with Crippen LogP contribution in [0.3, 0.4) is 0 Å². The van der Waals surface area contributed by atoms with Crippen molar-refractivity contribution in [3.63, 3.8) is 0 Å². The van der Waals surface area contributed by atoms with Gasteiger partial charge in [-0.3, -0.25) is 4.79 Å². The maximum atomic E-state index is 12.0. The molecule has 1 aliphatic rings. The minimum absolute atomic E-state index is 0.229. The highest BCUT2D eigenvalue weighted by Gasteiger charge is 2.23. The number of anilines is 1. The van der Waals surface area contributed by atoms with E-state index < -0.39 is 0 Å². The first-order valence-electron chi connectivity index (χ1n) is 5.69. The highest BCUT2D eigenvalue weighted by Crippen LogP contribution is 2.30. The van der Waals surface area contributed by atoms with Crippen molar-refractivity contribution >= 4 is 27.5 Å². The van der Waals surface area contributed by atoms with Gasteiger partial charge in [-0.05, 0) is 30.9 Å². The van der Waals surface area contributed by atoms with Crippen LogP contribution in [0.25, 0.3) is 0 Å². The summed E-state index contributed by atoms with van der Waals surface area (Å²) >= 11 is 3.33. The SMILES string of the molecule is Cc1cccc2c1N(C(=O)CCBr)CCC2. The lowest BCUT2D eigenvalue weighted by atomic mass is 9.98. The van der Waals surface area contributed by atoms with E-state index in [4.69, 9.17) is 0 Å². The predicted molar refractivity (Wildman–Crippen MR) is 70.3 cm³/mol. The van der Waals surface area contributed by atoms with E-state index in [2.05, 4.69) is 41.1 Å². The molecule has 1 aromatic carbocycles. The molecular formula is C13H16BrNO.